The summed E-state index contributed by atoms with van der Waals surface area (Å²) in [6.45, 7) is 1.99. The van der Waals surface area contributed by atoms with Crippen LogP contribution >= 0.6 is 11.3 Å². The highest BCUT2D eigenvalue weighted by Crippen LogP contribution is 2.46. The van der Waals surface area contributed by atoms with E-state index in [-0.39, 0.29) is 16.3 Å². The molecule has 0 saturated heterocycles. The molecular weight excluding hydrogens is 320 g/mol. The molecule has 3 aromatic rings. The van der Waals surface area contributed by atoms with Crippen LogP contribution in [0, 0.1) is 18.3 Å². The van der Waals surface area contributed by atoms with Gasteiger partial charge in [0, 0.05) is 5.69 Å². The van der Waals surface area contributed by atoms with Gasteiger partial charge in [0.05, 0.1) is 5.69 Å². The van der Waals surface area contributed by atoms with Crippen molar-refractivity contribution in [3.63, 3.8) is 0 Å². The molecule has 2 aromatic carbocycles. The monoisotopic (exact) mass is 334 g/mol. The van der Waals surface area contributed by atoms with Gasteiger partial charge in [0.25, 0.3) is 0 Å². The van der Waals surface area contributed by atoms with Crippen LogP contribution in [0.3, 0.4) is 0 Å². The second-order valence-corrected chi connectivity index (χ2v) is 6.12. The number of rotatable bonds is 4. The number of nitrogens with zero attached hydrogens (tertiary/aromatic N) is 3. The number of hydrogen-bond donors (Lipinski definition) is 2. The van der Waals surface area contributed by atoms with Gasteiger partial charge in [0.15, 0.2) is 16.3 Å². The van der Waals surface area contributed by atoms with Crippen LogP contribution in [0.2, 0.25) is 0 Å². The molecule has 0 aliphatic carbocycles. The van der Waals surface area contributed by atoms with Gasteiger partial charge in [0.2, 0.25) is 0 Å². The van der Waals surface area contributed by atoms with E-state index in [4.69, 9.17) is 5.26 Å². The lowest BCUT2D eigenvalue weighted by atomic mass is 10.2. The second-order valence-electron chi connectivity index (χ2n) is 5.10. The molecule has 0 unspecified atom stereocenters. The number of nitrogens with one attached hydrogen (secondary N) is 1. The summed E-state index contributed by atoms with van der Waals surface area (Å²) in [7, 11) is 0. The van der Waals surface area contributed by atoms with Gasteiger partial charge in [-0.25, -0.2) is 0 Å². The molecule has 1 heterocycles. The lowest BCUT2D eigenvalue weighted by Gasteiger charge is -2.03. The molecule has 0 radical (unpaired) electrons. The van der Waals surface area contributed by atoms with E-state index in [1.54, 1.807) is 0 Å². The first-order valence-electron chi connectivity index (χ1n) is 7.23. The molecule has 1 aromatic heterocycles. The number of benzene rings is 2. The van der Waals surface area contributed by atoms with Crippen molar-refractivity contribution >= 4 is 33.4 Å². The van der Waals surface area contributed by atoms with Gasteiger partial charge in [-0.05, 0) is 31.2 Å². The van der Waals surface area contributed by atoms with E-state index in [1.165, 1.54) is 0 Å². The maximum atomic E-state index is 10.2. The van der Waals surface area contributed by atoms with Crippen molar-refractivity contribution in [1.82, 2.24) is 0 Å². The van der Waals surface area contributed by atoms with E-state index < -0.39 is 0 Å². The molecule has 2 N–H and O–H groups in total. The first-order chi connectivity index (χ1) is 11.7. The highest BCUT2D eigenvalue weighted by atomic mass is 32.1. The van der Waals surface area contributed by atoms with Crippen LogP contribution in [0.25, 0.3) is 0 Å². The first-order valence-corrected chi connectivity index (χ1v) is 8.05. The highest BCUT2D eigenvalue weighted by molar-refractivity contribution is 7.17. The third-order valence-electron chi connectivity index (χ3n) is 3.29. The van der Waals surface area contributed by atoms with Crippen molar-refractivity contribution in [3.05, 3.63) is 65.0 Å². The number of nitriles is 1. The molecule has 24 heavy (non-hydrogen) atoms. The van der Waals surface area contributed by atoms with Gasteiger partial charge >= 0.3 is 0 Å². The fourth-order valence-corrected chi connectivity index (χ4v) is 2.88. The van der Waals surface area contributed by atoms with Crippen LogP contribution in [0.4, 0.5) is 22.1 Å². The Bertz CT molecular complexity index is 909. The van der Waals surface area contributed by atoms with Gasteiger partial charge < -0.3 is 10.4 Å². The Balaban J connectivity index is 1.95. The standard InChI is InChI=1S/C18H14N4OS/c1-12-7-9-14(10-8-12)21-22-16-17(23)15(11-19)24-18(16)20-13-5-3-2-4-6-13/h2-10,20,23H,1H3. The van der Waals surface area contributed by atoms with Crippen LogP contribution in [0.1, 0.15) is 10.4 Å². The van der Waals surface area contributed by atoms with E-state index in [2.05, 4.69) is 15.5 Å². The highest BCUT2D eigenvalue weighted by Gasteiger charge is 2.18. The fraction of sp³-hybridized carbons (Fsp3) is 0.0556. The molecule has 6 heteroatoms. The molecule has 0 saturated carbocycles. The number of para-hydroxylation sites is 1. The molecule has 118 valence electrons. The van der Waals surface area contributed by atoms with Crippen LogP contribution in [-0.4, -0.2) is 5.11 Å². The van der Waals surface area contributed by atoms with Gasteiger partial charge in [-0.2, -0.15) is 10.4 Å². The zero-order valence-corrected chi connectivity index (χ0v) is 13.7. The minimum absolute atomic E-state index is 0.156. The predicted molar refractivity (Wildman–Crippen MR) is 95.8 cm³/mol. The number of aryl methyl sites for hydroxylation is 1. The van der Waals surface area contributed by atoms with Crippen molar-refractivity contribution in [2.75, 3.05) is 5.32 Å². The molecule has 0 spiro atoms. The van der Waals surface area contributed by atoms with Crippen molar-refractivity contribution in [2.24, 2.45) is 10.2 Å². The Morgan fingerprint density at radius 3 is 2.42 bits per heavy atom. The fourth-order valence-electron chi connectivity index (χ4n) is 2.04. The van der Waals surface area contributed by atoms with Crippen LogP contribution in [0.5, 0.6) is 5.75 Å². The van der Waals surface area contributed by atoms with E-state index in [0.29, 0.717) is 10.7 Å². The topological polar surface area (TPSA) is 80.8 Å². The van der Waals surface area contributed by atoms with E-state index in [9.17, 15) is 5.11 Å². The first kappa shape index (κ1) is 15.7. The zero-order chi connectivity index (χ0) is 16.9. The number of hydrogen-bond acceptors (Lipinski definition) is 6. The van der Waals surface area contributed by atoms with Gasteiger partial charge in [-0.3, -0.25) is 0 Å². The lowest BCUT2D eigenvalue weighted by Crippen LogP contribution is -1.86. The van der Waals surface area contributed by atoms with Crippen molar-refractivity contribution in [2.45, 2.75) is 6.92 Å². The molecule has 0 bridgehead atoms. The Hall–Kier alpha value is -3.17. The van der Waals surface area contributed by atoms with Crippen LogP contribution in [0.15, 0.2) is 64.8 Å². The molecule has 0 aliphatic heterocycles. The quantitative estimate of drug-likeness (QED) is 0.592. The summed E-state index contributed by atoms with van der Waals surface area (Å²) in [5, 5.41) is 31.4. The summed E-state index contributed by atoms with van der Waals surface area (Å²) in [6.07, 6.45) is 0. The predicted octanol–water partition coefficient (Wildman–Crippen LogP) is 5.79. The summed E-state index contributed by atoms with van der Waals surface area (Å²) in [4.78, 5) is 0.200. The smallest absolute Gasteiger partial charge is 0.174 e. The Labute approximate surface area is 143 Å². The van der Waals surface area contributed by atoms with Crippen molar-refractivity contribution in [1.29, 1.82) is 5.26 Å². The van der Waals surface area contributed by atoms with Crippen molar-refractivity contribution in [3.8, 4) is 11.8 Å². The third-order valence-corrected chi connectivity index (χ3v) is 4.28. The number of azo groups is 1. The minimum Gasteiger partial charge on any atom is -0.504 e. The molecule has 0 aliphatic rings. The molecule has 0 amide bonds. The zero-order valence-electron chi connectivity index (χ0n) is 12.9. The summed E-state index contributed by atoms with van der Waals surface area (Å²) in [5.41, 5.74) is 2.91. The number of thiophene rings is 1. The SMILES string of the molecule is Cc1ccc(N=Nc2c(Nc3ccccc3)sc(C#N)c2O)cc1. The third kappa shape index (κ3) is 3.42. The molecule has 5 nitrogen and oxygen atoms in total. The summed E-state index contributed by atoms with van der Waals surface area (Å²) >= 11 is 1.14. The average molecular weight is 334 g/mol. The van der Waals surface area contributed by atoms with Gasteiger partial charge in [0.1, 0.15) is 11.1 Å². The van der Waals surface area contributed by atoms with E-state index in [0.717, 1.165) is 22.6 Å². The van der Waals surface area contributed by atoms with Crippen LogP contribution < -0.4 is 5.32 Å². The maximum Gasteiger partial charge on any atom is 0.174 e. The van der Waals surface area contributed by atoms with Crippen LogP contribution in [-0.2, 0) is 0 Å². The average Bonchev–Trinajstić information content (AvgIpc) is 2.90. The van der Waals surface area contributed by atoms with Gasteiger partial charge in [-0.15, -0.1) is 16.5 Å². The molecule has 0 atom stereocenters. The largest absolute Gasteiger partial charge is 0.504 e. The summed E-state index contributed by atoms with van der Waals surface area (Å²) in [6, 6.07) is 19.0. The number of aromatic hydroxyl groups is 1. The van der Waals surface area contributed by atoms with E-state index in [1.807, 2.05) is 67.6 Å². The Kier molecular flexibility index (Phi) is 4.54. The second kappa shape index (κ2) is 6.94. The summed E-state index contributed by atoms with van der Waals surface area (Å²) in [5.74, 6) is -0.156. The normalized spacial score (nSPS) is 10.7. The Morgan fingerprint density at radius 1 is 1.04 bits per heavy atom. The Morgan fingerprint density at radius 2 is 1.75 bits per heavy atom. The molecular formula is C18H14N4OS. The maximum absolute atomic E-state index is 10.2. The van der Waals surface area contributed by atoms with Gasteiger partial charge in [-0.1, -0.05) is 35.9 Å². The minimum atomic E-state index is -0.156. The van der Waals surface area contributed by atoms with E-state index >= 15 is 0 Å². The number of anilines is 2. The molecule has 0 fully saturated rings. The lowest BCUT2D eigenvalue weighted by molar-refractivity contribution is 0.477. The molecule has 3 rings (SSSR count). The van der Waals surface area contributed by atoms with Crippen molar-refractivity contribution < 1.29 is 5.11 Å². The summed E-state index contributed by atoms with van der Waals surface area (Å²) < 4.78 is 0.